The van der Waals surface area contributed by atoms with Crippen LogP contribution in [0.3, 0.4) is 0 Å². The molecule has 0 saturated heterocycles. The fraction of sp³-hybridized carbons (Fsp3) is 0.706. The Morgan fingerprint density at radius 3 is 2.70 bits per heavy atom. The third-order valence-electron chi connectivity index (χ3n) is 3.49. The van der Waals surface area contributed by atoms with Gasteiger partial charge in [-0.15, -0.1) is 11.3 Å². The smallest absolute Gasteiger partial charge is 0.191 e. The van der Waals surface area contributed by atoms with Crippen LogP contribution in [-0.4, -0.2) is 37.3 Å². The van der Waals surface area contributed by atoms with E-state index in [4.69, 9.17) is 11.6 Å². The van der Waals surface area contributed by atoms with E-state index in [0.29, 0.717) is 11.8 Å². The topological polar surface area (TPSA) is 56.7 Å². The lowest BCUT2D eigenvalue weighted by molar-refractivity contribution is 0.245. The average molecular weight is 360 g/mol. The maximum atomic E-state index is 9.20. The lowest BCUT2D eigenvalue weighted by atomic mass is 9.94. The van der Waals surface area contributed by atoms with E-state index in [2.05, 4.69) is 42.5 Å². The number of guanidine groups is 1. The third kappa shape index (κ3) is 9.18. The van der Waals surface area contributed by atoms with Crippen LogP contribution in [0.2, 0.25) is 4.34 Å². The van der Waals surface area contributed by atoms with E-state index in [1.165, 1.54) is 4.88 Å². The van der Waals surface area contributed by atoms with Crippen LogP contribution < -0.4 is 10.6 Å². The van der Waals surface area contributed by atoms with Crippen molar-refractivity contribution in [2.24, 2.45) is 16.8 Å². The molecule has 1 heterocycles. The Morgan fingerprint density at radius 1 is 1.35 bits per heavy atom. The number of aliphatic hydroxyl groups is 1. The number of halogens is 1. The van der Waals surface area contributed by atoms with Crippen LogP contribution in [0.5, 0.6) is 0 Å². The van der Waals surface area contributed by atoms with Gasteiger partial charge < -0.3 is 15.7 Å². The van der Waals surface area contributed by atoms with Gasteiger partial charge in [0.1, 0.15) is 0 Å². The van der Waals surface area contributed by atoms with E-state index >= 15 is 0 Å². The van der Waals surface area contributed by atoms with E-state index < -0.39 is 0 Å². The minimum atomic E-state index is 0.232. The van der Waals surface area contributed by atoms with Crippen molar-refractivity contribution in [1.29, 1.82) is 0 Å². The van der Waals surface area contributed by atoms with Crippen molar-refractivity contribution in [3.8, 4) is 0 Å². The molecular formula is C17H30ClN3OS. The number of aliphatic imine (C=N–C) groups is 1. The second-order valence-electron chi connectivity index (χ2n) is 6.11. The highest BCUT2D eigenvalue weighted by Gasteiger charge is 2.10. The summed E-state index contributed by atoms with van der Waals surface area (Å²) in [5, 5.41) is 15.8. The van der Waals surface area contributed by atoms with E-state index in [0.717, 1.165) is 49.2 Å². The molecule has 1 atom stereocenters. The van der Waals surface area contributed by atoms with Crippen molar-refractivity contribution in [2.45, 2.75) is 40.0 Å². The summed E-state index contributed by atoms with van der Waals surface area (Å²) in [7, 11) is 0. The molecule has 0 aliphatic carbocycles. The number of nitrogens with one attached hydrogen (secondary N) is 2. The fourth-order valence-electron chi connectivity index (χ4n) is 2.49. The maximum Gasteiger partial charge on any atom is 0.191 e. The van der Waals surface area contributed by atoms with Crippen molar-refractivity contribution in [3.63, 3.8) is 0 Å². The molecule has 1 rings (SSSR count). The van der Waals surface area contributed by atoms with Gasteiger partial charge in [0, 0.05) is 31.1 Å². The molecule has 0 saturated carbocycles. The first-order chi connectivity index (χ1) is 11.0. The Morgan fingerprint density at radius 2 is 2.13 bits per heavy atom. The number of rotatable bonds is 10. The molecule has 0 amide bonds. The molecule has 1 aromatic rings. The number of aliphatic hydroxyl groups excluding tert-OH is 1. The largest absolute Gasteiger partial charge is 0.396 e. The van der Waals surface area contributed by atoms with Gasteiger partial charge in [0.25, 0.3) is 0 Å². The first-order valence-corrected chi connectivity index (χ1v) is 9.61. The van der Waals surface area contributed by atoms with E-state index in [9.17, 15) is 5.11 Å². The van der Waals surface area contributed by atoms with E-state index in [1.807, 2.05) is 6.07 Å². The summed E-state index contributed by atoms with van der Waals surface area (Å²) in [6, 6.07) is 4.00. The Balaban J connectivity index is 2.47. The summed E-state index contributed by atoms with van der Waals surface area (Å²) in [4.78, 5) is 5.96. The van der Waals surface area contributed by atoms with Crippen molar-refractivity contribution >= 4 is 28.9 Å². The van der Waals surface area contributed by atoms with Crippen LogP contribution in [0.1, 0.15) is 38.5 Å². The van der Waals surface area contributed by atoms with Crippen LogP contribution in [0.25, 0.3) is 0 Å². The molecule has 6 heteroatoms. The molecule has 0 radical (unpaired) electrons. The standard InChI is InChI=1S/C17H30ClN3OS/c1-4-19-17(20-9-7-15-5-6-16(18)23-15)21-12-14(8-10-22)11-13(2)3/h5-6,13-14,22H,4,7-12H2,1-3H3,(H2,19,20,21). The van der Waals surface area contributed by atoms with Gasteiger partial charge in [-0.1, -0.05) is 25.4 Å². The number of nitrogens with zero attached hydrogens (tertiary/aromatic N) is 1. The summed E-state index contributed by atoms with van der Waals surface area (Å²) in [5.41, 5.74) is 0. The van der Waals surface area contributed by atoms with E-state index in [1.54, 1.807) is 11.3 Å². The van der Waals surface area contributed by atoms with Crippen LogP contribution in [-0.2, 0) is 6.42 Å². The van der Waals surface area contributed by atoms with Crippen molar-refractivity contribution in [1.82, 2.24) is 10.6 Å². The van der Waals surface area contributed by atoms with Gasteiger partial charge in [0.15, 0.2) is 5.96 Å². The Hall–Kier alpha value is -0.780. The quantitative estimate of drug-likeness (QED) is 0.442. The molecule has 23 heavy (non-hydrogen) atoms. The fourth-order valence-corrected chi connectivity index (χ4v) is 3.57. The summed E-state index contributed by atoms with van der Waals surface area (Å²) in [6.45, 7) is 9.14. The highest BCUT2D eigenvalue weighted by molar-refractivity contribution is 7.16. The molecule has 0 aliphatic heterocycles. The predicted octanol–water partition coefficient (Wildman–Crippen LogP) is 3.54. The normalized spacial score (nSPS) is 13.4. The van der Waals surface area contributed by atoms with Crippen molar-refractivity contribution in [2.75, 3.05) is 26.2 Å². The lowest BCUT2D eigenvalue weighted by Gasteiger charge is -2.17. The third-order valence-corrected chi connectivity index (χ3v) is 4.78. The first kappa shape index (κ1) is 20.3. The van der Waals surface area contributed by atoms with Gasteiger partial charge in [-0.05, 0) is 50.2 Å². The van der Waals surface area contributed by atoms with Gasteiger partial charge in [-0.3, -0.25) is 4.99 Å². The number of hydrogen-bond donors (Lipinski definition) is 3. The van der Waals surface area contributed by atoms with E-state index in [-0.39, 0.29) is 6.61 Å². The molecule has 0 spiro atoms. The van der Waals surface area contributed by atoms with Gasteiger partial charge in [0.2, 0.25) is 0 Å². The van der Waals surface area contributed by atoms with Crippen LogP contribution in [0, 0.1) is 11.8 Å². The lowest BCUT2D eigenvalue weighted by Crippen LogP contribution is -2.38. The van der Waals surface area contributed by atoms with Gasteiger partial charge in [-0.2, -0.15) is 0 Å². The van der Waals surface area contributed by atoms with Crippen LogP contribution >= 0.6 is 22.9 Å². The monoisotopic (exact) mass is 359 g/mol. The first-order valence-electron chi connectivity index (χ1n) is 8.42. The second-order valence-corrected chi connectivity index (χ2v) is 7.91. The molecule has 0 fully saturated rings. The Bertz CT molecular complexity index is 462. The number of hydrogen-bond acceptors (Lipinski definition) is 3. The highest BCUT2D eigenvalue weighted by Crippen LogP contribution is 2.21. The Labute approximate surface area is 149 Å². The zero-order valence-corrected chi connectivity index (χ0v) is 16.0. The molecule has 0 aliphatic rings. The summed E-state index contributed by atoms with van der Waals surface area (Å²) >= 11 is 7.57. The summed E-state index contributed by atoms with van der Waals surface area (Å²) in [5.74, 6) is 1.91. The summed E-state index contributed by atoms with van der Waals surface area (Å²) < 4.78 is 0.834. The van der Waals surface area contributed by atoms with Crippen LogP contribution in [0.15, 0.2) is 17.1 Å². The van der Waals surface area contributed by atoms with Crippen LogP contribution in [0.4, 0.5) is 0 Å². The molecule has 0 bridgehead atoms. The van der Waals surface area contributed by atoms with Crippen molar-refractivity contribution in [3.05, 3.63) is 21.3 Å². The second kappa shape index (κ2) is 11.7. The summed E-state index contributed by atoms with van der Waals surface area (Å²) in [6.07, 6.45) is 2.85. The average Bonchev–Trinajstić information content (AvgIpc) is 2.89. The minimum absolute atomic E-state index is 0.232. The predicted molar refractivity (Wildman–Crippen MR) is 102 cm³/mol. The zero-order chi connectivity index (χ0) is 17.1. The van der Waals surface area contributed by atoms with Gasteiger partial charge in [-0.25, -0.2) is 0 Å². The molecule has 1 unspecified atom stereocenters. The number of thiophene rings is 1. The molecule has 132 valence electrons. The maximum absolute atomic E-state index is 9.20. The molecular weight excluding hydrogens is 330 g/mol. The molecule has 1 aromatic heterocycles. The SMILES string of the molecule is CCNC(=NCC(CCO)CC(C)C)NCCc1ccc(Cl)s1. The Kier molecular flexibility index (Phi) is 10.3. The molecule has 4 nitrogen and oxygen atoms in total. The van der Waals surface area contributed by atoms with Gasteiger partial charge in [0.05, 0.1) is 4.34 Å². The van der Waals surface area contributed by atoms with Gasteiger partial charge >= 0.3 is 0 Å². The highest BCUT2D eigenvalue weighted by atomic mass is 35.5. The molecule has 3 N–H and O–H groups in total. The molecule has 0 aromatic carbocycles. The zero-order valence-electron chi connectivity index (χ0n) is 14.4. The minimum Gasteiger partial charge on any atom is -0.396 e. The van der Waals surface area contributed by atoms with Crippen molar-refractivity contribution < 1.29 is 5.11 Å².